The van der Waals surface area contributed by atoms with E-state index in [-0.39, 0.29) is 11.8 Å². The molecule has 0 saturated carbocycles. The van der Waals surface area contributed by atoms with Crippen molar-refractivity contribution in [2.75, 3.05) is 27.9 Å². The summed E-state index contributed by atoms with van der Waals surface area (Å²) < 4.78 is 32.3. The van der Waals surface area contributed by atoms with Gasteiger partial charge in [0.2, 0.25) is 0 Å². The summed E-state index contributed by atoms with van der Waals surface area (Å²) in [5.41, 5.74) is 3.67. The molecule has 0 saturated heterocycles. The topological polar surface area (TPSA) is 58.4 Å². The second-order valence-corrected chi connectivity index (χ2v) is 6.31. The number of aromatic nitrogens is 3. The maximum Gasteiger partial charge on any atom is 0.297 e. The van der Waals surface area contributed by atoms with Crippen molar-refractivity contribution < 1.29 is 18.6 Å². The first-order valence-electron chi connectivity index (χ1n) is 8.80. The Morgan fingerprint density at radius 1 is 1.19 bits per heavy atom. The molecule has 27 heavy (non-hydrogen) atoms. The van der Waals surface area contributed by atoms with E-state index < -0.39 is 5.82 Å². The summed E-state index contributed by atoms with van der Waals surface area (Å²) in [6.45, 7) is 4.51. The fraction of sp³-hybridized carbons (Fsp3) is 0.400. The van der Waals surface area contributed by atoms with E-state index in [1.165, 1.54) is 13.2 Å². The lowest BCUT2D eigenvalue weighted by Crippen LogP contribution is -2.14. The number of aryl methyl sites for hydroxylation is 1. The predicted octanol–water partition coefficient (Wildman–Crippen LogP) is 4.16. The maximum atomic E-state index is 14.3. The number of benzene rings is 1. The molecule has 3 aromatic rings. The molecule has 1 unspecified atom stereocenters. The normalized spacial score (nSPS) is 12.4. The van der Waals surface area contributed by atoms with Crippen LogP contribution in [0.4, 0.5) is 4.39 Å². The monoisotopic (exact) mass is 373 g/mol. The molecule has 1 aromatic carbocycles. The van der Waals surface area contributed by atoms with Crippen LogP contribution in [0.25, 0.3) is 22.3 Å². The molecule has 1 atom stereocenters. The van der Waals surface area contributed by atoms with Crippen molar-refractivity contribution >= 4 is 11.0 Å². The number of ether oxygens (including phenoxy) is 3. The van der Waals surface area contributed by atoms with Crippen LogP contribution in [0.1, 0.15) is 24.9 Å². The van der Waals surface area contributed by atoms with Crippen LogP contribution in [-0.4, -0.2) is 42.5 Å². The molecule has 3 rings (SSSR count). The molecule has 2 aromatic heterocycles. The van der Waals surface area contributed by atoms with E-state index in [0.717, 1.165) is 17.5 Å². The van der Waals surface area contributed by atoms with Gasteiger partial charge < -0.3 is 14.2 Å². The number of imidazole rings is 1. The van der Waals surface area contributed by atoms with Crippen LogP contribution in [0.3, 0.4) is 0 Å². The number of halogens is 1. The third-order valence-corrected chi connectivity index (χ3v) is 4.71. The molecule has 144 valence electrons. The Hall–Kier alpha value is -2.67. The van der Waals surface area contributed by atoms with Gasteiger partial charge in [-0.15, -0.1) is 0 Å². The first kappa shape index (κ1) is 19.1. The molecule has 7 heteroatoms. The summed E-state index contributed by atoms with van der Waals surface area (Å²) in [6.07, 6.45) is 2.56. The fourth-order valence-electron chi connectivity index (χ4n) is 3.33. The van der Waals surface area contributed by atoms with Gasteiger partial charge in [-0.25, -0.2) is 4.39 Å². The Kier molecular flexibility index (Phi) is 5.60. The summed E-state index contributed by atoms with van der Waals surface area (Å²) in [7, 11) is 4.71. The number of nitrogens with zero attached hydrogens (tertiary/aromatic N) is 3. The van der Waals surface area contributed by atoms with Gasteiger partial charge in [0.25, 0.3) is 6.01 Å². The number of pyridine rings is 1. The molecule has 0 aliphatic heterocycles. The lowest BCUT2D eigenvalue weighted by molar-refractivity contribution is 0.149. The number of hydrogen-bond donors (Lipinski definition) is 0. The van der Waals surface area contributed by atoms with Crippen LogP contribution >= 0.6 is 0 Å². The summed E-state index contributed by atoms with van der Waals surface area (Å²) >= 11 is 0. The van der Waals surface area contributed by atoms with E-state index in [0.29, 0.717) is 29.4 Å². The first-order valence-corrected chi connectivity index (χ1v) is 8.80. The van der Waals surface area contributed by atoms with E-state index in [9.17, 15) is 4.39 Å². The molecule has 6 nitrogen and oxygen atoms in total. The van der Waals surface area contributed by atoms with Gasteiger partial charge in [-0.1, -0.05) is 6.92 Å². The highest BCUT2D eigenvalue weighted by molar-refractivity contribution is 5.91. The number of fused-ring (bicyclic) bond motifs is 1. The molecule has 0 spiro atoms. The lowest BCUT2D eigenvalue weighted by Gasteiger charge is -2.18. The van der Waals surface area contributed by atoms with E-state index in [1.807, 2.05) is 17.6 Å². The number of methoxy groups -OCH3 is 3. The zero-order valence-corrected chi connectivity index (χ0v) is 16.2. The Labute approximate surface area is 157 Å². The van der Waals surface area contributed by atoms with Crippen LogP contribution in [0.15, 0.2) is 24.4 Å². The summed E-state index contributed by atoms with van der Waals surface area (Å²) in [5.74, 6) is -0.230. The van der Waals surface area contributed by atoms with Crippen LogP contribution in [0, 0.1) is 12.7 Å². The van der Waals surface area contributed by atoms with Gasteiger partial charge >= 0.3 is 0 Å². The Morgan fingerprint density at radius 2 is 1.96 bits per heavy atom. The number of rotatable bonds is 7. The van der Waals surface area contributed by atoms with Crippen LogP contribution in [-0.2, 0) is 4.74 Å². The smallest absolute Gasteiger partial charge is 0.297 e. The minimum absolute atomic E-state index is 0.0684. The van der Waals surface area contributed by atoms with Crippen molar-refractivity contribution in [2.45, 2.75) is 26.3 Å². The molecule has 0 fully saturated rings. The third kappa shape index (κ3) is 3.35. The predicted molar refractivity (Wildman–Crippen MR) is 102 cm³/mol. The average Bonchev–Trinajstić information content (AvgIpc) is 3.06. The Bertz CT molecular complexity index is 955. The average molecular weight is 373 g/mol. The van der Waals surface area contributed by atoms with Crippen molar-refractivity contribution in [1.29, 1.82) is 0 Å². The van der Waals surface area contributed by atoms with Crippen LogP contribution < -0.4 is 9.47 Å². The molecule has 2 heterocycles. The van der Waals surface area contributed by atoms with Gasteiger partial charge in [-0.2, -0.15) is 4.98 Å². The molecule has 0 N–H and O–H groups in total. The second kappa shape index (κ2) is 7.92. The van der Waals surface area contributed by atoms with Gasteiger partial charge in [-0.3, -0.25) is 9.55 Å². The molecular weight excluding hydrogens is 349 g/mol. The lowest BCUT2D eigenvalue weighted by atomic mass is 10.0. The van der Waals surface area contributed by atoms with E-state index in [2.05, 4.69) is 16.9 Å². The van der Waals surface area contributed by atoms with Gasteiger partial charge in [0, 0.05) is 18.9 Å². The Balaban J connectivity index is 2.25. The summed E-state index contributed by atoms with van der Waals surface area (Å²) in [4.78, 5) is 9.13. The largest absolute Gasteiger partial charge is 0.494 e. The highest BCUT2D eigenvalue weighted by atomic mass is 19.1. The zero-order valence-electron chi connectivity index (χ0n) is 16.2. The highest BCUT2D eigenvalue weighted by Crippen LogP contribution is 2.35. The van der Waals surface area contributed by atoms with Crippen LogP contribution in [0.2, 0.25) is 0 Å². The third-order valence-electron chi connectivity index (χ3n) is 4.71. The van der Waals surface area contributed by atoms with Gasteiger partial charge in [0.1, 0.15) is 5.52 Å². The van der Waals surface area contributed by atoms with E-state index in [1.54, 1.807) is 26.5 Å². The van der Waals surface area contributed by atoms with Gasteiger partial charge in [-0.05, 0) is 37.1 Å². The summed E-state index contributed by atoms with van der Waals surface area (Å²) in [6, 6.07) is 5.54. The molecule has 0 aliphatic carbocycles. The minimum atomic E-state index is -0.436. The van der Waals surface area contributed by atoms with Crippen molar-refractivity contribution in [2.24, 2.45) is 0 Å². The maximum absolute atomic E-state index is 14.3. The van der Waals surface area contributed by atoms with Gasteiger partial charge in [0.15, 0.2) is 11.6 Å². The standard InChI is InChI=1S/C20H24FN3O3/c1-6-13(11-25-3)24-16-7-8-22-18(19(16)23-20(24)27-5)14-10-15(21)17(26-4)9-12(14)2/h7-10,13H,6,11H2,1-5H3. The molecule has 0 radical (unpaired) electrons. The SMILES string of the molecule is CCC(COC)n1c(OC)nc2c(-c3cc(F)c(OC)cc3C)nccc21. The van der Waals surface area contributed by atoms with Gasteiger partial charge in [0.05, 0.1) is 38.1 Å². The number of hydrogen-bond acceptors (Lipinski definition) is 5. The van der Waals surface area contributed by atoms with Crippen LogP contribution in [0.5, 0.6) is 11.8 Å². The molecule has 0 bridgehead atoms. The summed E-state index contributed by atoms with van der Waals surface area (Å²) in [5, 5.41) is 0. The van der Waals surface area contributed by atoms with Crippen molar-refractivity contribution in [1.82, 2.24) is 14.5 Å². The second-order valence-electron chi connectivity index (χ2n) is 6.31. The van der Waals surface area contributed by atoms with E-state index >= 15 is 0 Å². The quantitative estimate of drug-likeness (QED) is 0.622. The molecular formula is C20H24FN3O3. The Morgan fingerprint density at radius 3 is 2.59 bits per heavy atom. The molecule has 0 aliphatic rings. The zero-order chi connectivity index (χ0) is 19.6. The first-order chi connectivity index (χ1) is 13.0. The fourth-order valence-corrected chi connectivity index (χ4v) is 3.33. The molecule has 0 amide bonds. The van der Waals surface area contributed by atoms with E-state index in [4.69, 9.17) is 14.2 Å². The minimum Gasteiger partial charge on any atom is -0.494 e. The van der Waals surface area contributed by atoms with Crippen molar-refractivity contribution in [3.05, 3.63) is 35.8 Å². The highest BCUT2D eigenvalue weighted by Gasteiger charge is 2.22. The van der Waals surface area contributed by atoms with Crippen molar-refractivity contribution in [3.8, 4) is 23.0 Å². The van der Waals surface area contributed by atoms with Crippen molar-refractivity contribution in [3.63, 3.8) is 0 Å².